The summed E-state index contributed by atoms with van der Waals surface area (Å²) in [4.78, 5) is 0. The van der Waals surface area contributed by atoms with E-state index >= 15 is 0 Å². The molecule has 1 aliphatic rings. The summed E-state index contributed by atoms with van der Waals surface area (Å²) in [6, 6.07) is 0.747. The van der Waals surface area contributed by atoms with E-state index in [0.717, 1.165) is 18.5 Å². The summed E-state index contributed by atoms with van der Waals surface area (Å²) in [6.07, 6.45) is 5.48. The molecule has 0 unspecified atom stereocenters. The lowest BCUT2D eigenvalue weighted by Gasteiger charge is -2.43. The van der Waals surface area contributed by atoms with Crippen LogP contribution in [0, 0.1) is 16.7 Å². The molecule has 0 heterocycles. The summed E-state index contributed by atoms with van der Waals surface area (Å²) in [5.41, 5.74) is 0.939. The van der Waals surface area contributed by atoms with Crippen LogP contribution < -0.4 is 5.32 Å². The molecule has 16 heavy (non-hydrogen) atoms. The second kappa shape index (κ2) is 5.08. The Hall–Kier alpha value is -0.0400. The fraction of sp³-hybridized carbons (Fsp3) is 1.00. The number of hydrogen-bond acceptors (Lipinski definition) is 1. The van der Waals surface area contributed by atoms with E-state index in [-0.39, 0.29) is 0 Å². The first kappa shape index (κ1) is 14.0. The van der Waals surface area contributed by atoms with E-state index in [0.29, 0.717) is 10.8 Å². The van der Waals surface area contributed by atoms with Crippen molar-refractivity contribution >= 4 is 0 Å². The van der Waals surface area contributed by atoms with E-state index in [9.17, 15) is 0 Å². The van der Waals surface area contributed by atoms with Gasteiger partial charge in [-0.2, -0.15) is 0 Å². The van der Waals surface area contributed by atoms with Crippen LogP contribution in [-0.4, -0.2) is 12.6 Å². The first-order chi connectivity index (χ1) is 7.24. The average molecular weight is 225 g/mol. The maximum absolute atomic E-state index is 3.76. The Balaban J connectivity index is 2.43. The molecule has 2 atom stereocenters. The van der Waals surface area contributed by atoms with Crippen molar-refractivity contribution in [3.8, 4) is 0 Å². The van der Waals surface area contributed by atoms with Crippen LogP contribution in [0.2, 0.25) is 0 Å². The van der Waals surface area contributed by atoms with Gasteiger partial charge in [-0.05, 0) is 36.0 Å². The second-order valence-corrected chi connectivity index (χ2v) is 7.51. The van der Waals surface area contributed by atoms with Gasteiger partial charge < -0.3 is 5.32 Å². The molecule has 1 nitrogen and oxygen atoms in total. The van der Waals surface area contributed by atoms with Crippen LogP contribution in [0.1, 0.15) is 67.2 Å². The Labute approximate surface area is 102 Å². The zero-order valence-electron chi connectivity index (χ0n) is 12.2. The predicted molar refractivity (Wildman–Crippen MR) is 72.7 cm³/mol. The molecule has 1 rings (SSSR count). The van der Waals surface area contributed by atoms with Crippen LogP contribution >= 0.6 is 0 Å². The van der Waals surface area contributed by atoms with Crippen molar-refractivity contribution in [2.24, 2.45) is 16.7 Å². The van der Waals surface area contributed by atoms with Crippen molar-refractivity contribution in [2.45, 2.75) is 73.3 Å². The van der Waals surface area contributed by atoms with Gasteiger partial charge in [-0.1, -0.05) is 48.0 Å². The first-order valence-corrected chi connectivity index (χ1v) is 6.98. The number of rotatable bonds is 3. The van der Waals surface area contributed by atoms with Gasteiger partial charge in [0.15, 0.2) is 0 Å². The standard InChI is InChI=1S/C15H31N/c1-7-12-8-9-13(10-15(12,5)6)16-11-14(2,3)4/h12-13,16H,7-11H2,1-6H3/t12-,13-/m0/s1. The Bertz CT molecular complexity index is 212. The highest BCUT2D eigenvalue weighted by atomic mass is 14.9. The molecule has 1 saturated carbocycles. The molecular formula is C15H31N. The molecule has 0 radical (unpaired) electrons. The minimum Gasteiger partial charge on any atom is -0.313 e. The third kappa shape index (κ3) is 4.08. The van der Waals surface area contributed by atoms with Crippen molar-refractivity contribution in [3.63, 3.8) is 0 Å². The van der Waals surface area contributed by atoms with Crippen molar-refractivity contribution in [1.82, 2.24) is 5.32 Å². The molecule has 1 heteroatoms. The Kier molecular flexibility index (Phi) is 4.45. The van der Waals surface area contributed by atoms with Gasteiger partial charge in [0.05, 0.1) is 0 Å². The quantitative estimate of drug-likeness (QED) is 0.758. The highest BCUT2D eigenvalue weighted by Gasteiger charge is 2.35. The zero-order valence-corrected chi connectivity index (χ0v) is 12.2. The van der Waals surface area contributed by atoms with E-state index in [1.165, 1.54) is 25.7 Å². The largest absolute Gasteiger partial charge is 0.313 e. The molecule has 1 fully saturated rings. The normalized spacial score (nSPS) is 30.4. The minimum absolute atomic E-state index is 0.408. The summed E-state index contributed by atoms with van der Waals surface area (Å²) in [6.45, 7) is 15.3. The highest BCUT2D eigenvalue weighted by Crippen LogP contribution is 2.42. The van der Waals surface area contributed by atoms with Gasteiger partial charge >= 0.3 is 0 Å². The maximum Gasteiger partial charge on any atom is 0.00725 e. The molecule has 0 saturated heterocycles. The van der Waals surface area contributed by atoms with Crippen molar-refractivity contribution in [3.05, 3.63) is 0 Å². The zero-order chi connectivity index (χ0) is 12.4. The van der Waals surface area contributed by atoms with Gasteiger partial charge in [-0.3, -0.25) is 0 Å². The van der Waals surface area contributed by atoms with Crippen molar-refractivity contribution in [1.29, 1.82) is 0 Å². The highest BCUT2D eigenvalue weighted by molar-refractivity contribution is 4.89. The predicted octanol–water partition coefficient (Wildman–Crippen LogP) is 4.23. The van der Waals surface area contributed by atoms with E-state index in [1.807, 2.05) is 0 Å². The number of nitrogens with one attached hydrogen (secondary N) is 1. The molecule has 0 aromatic rings. The Morgan fingerprint density at radius 1 is 1.19 bits per heavy atom. The van der Waals surface area contributed by atoms with Gasteiger partial charge in [0, 0.05) is 12.6 Å². The smallest absolute Gasteiger partial charge is 0.00725 e. The summed E-state index contributed by atoms with van der Waals surface area (Å²) < 4.78 is 0. The lowest BCUT2D eigenvalue weighted by atomic mass is 9.66. The number of hydrogen-bond donors (Lipinski definition) is 1. The van der Waals surface area contributed by atoms with Crippen LogP contribution in [0.4, 0.5) is 0 Å². The third-order valence-corrected chi connectivity index (χ3v) is 4.16. The lowest BCUT2D eigenvalue weighted by Crippen LogP contribution is -2.44. The third-order valence-electron chi connectivity index (χ3n) is 4.16. The van der Waals surface area contributed by atoms with Crippen LogP contribution in [0.3, 0.4) is 0 Å². The van der Waals surface area contributed by atoms with Crippen LogP contribution in [0.15, 0.2) is 0 Å². The summed E-state index contributed by atoms with van der Waals surface area (Å²) in [5.74, 6) is 0.931. The Morgan fingerprint density at radius 2 is 1.81 bits per heavy atom. The summed E-state index contributed by atoms with van der Waals surface area (Å²) in [7, 11) is 0. The molecule has 0 spiro atoms. The fourth-order valence-corrected chi connectivity index (χ4v) is 3.08. The molecular weight excluding hydrogens is 194 g/mol. The minimum atomic E-state index is 0.408. The Morgan fingerprint density at radius 3 is 2.25 bits per heavy atom. The van der Waals surface area contributed by atoms with Gasteiger partial charge in [0.25, 0.3) is 0 Å². The molecule has 1 N–H and O–H groups in total. The monoisotopic (exact) mass is 225 g/mol. The lowest BCUT2D eigenvalue weighted by molar-refractivity contribution is 0.103. The second-order valence-electron chi connectivity index (χ2n) is 7.51. The molecule has 0 bridgehead atoms. The first-order valence-electron chi connectivity index (χ1n) is 6.98. The molecule has 96 valence electrons. The van der Waals surface area contributed by atoms with Gasteiger partial charge in [0.2, 0.25) is 0 Å². The van der Waals surface area contributed by atoms with E-state index in [2.05, 4.69) is 46.9 Å². The molecule has 0 aromatic heterocycles. The fourth-order valence-electron chi connectivity index (χ4n) is 3.08. The molecule has 1 aliphatic carbocycles. The maximum atomic E-state index is 3.76. The van der Waals surface area contributed by atoms with E-state index < -0.39 is 0 Å². The van der Waals surface area contributed by atoms with Crippen molar-refractivity contribution in [2.75, 3.05) is 6.54 Å². The van der Waals surface area contributed by atoms with Crippen LogP contribution in [0.5, 0.6) is 0 Å². The summed E-state index contributed by atoms with van der Waals surface area (Å²) >= 11 is 0. The molecule has 0 aliphatic heterocycles. The van der Waals surface area contributed by atoms with E-state index in [1.54, 1.807) is 0 Å². The van der Waals surface area contributed by atoms with Crippen LogP contribution in [0.25, 0.3) is 0 Å². The van der Waals surface area contributed by atoms with Gasteiger partial charge in [-0.15, -0.1) is 0 Å². The summed E-state index contributed by atoms with van der Waals surface area (Å²) in [5, 5.41) is 3.76. The molecule has 0 aromatic carbocycles. The van der Waals surface area contributed by atoms with Gasteiger partial charge in [0.1, 0.15) is 0 Å². The van der Waals surface area contributed by atoms with Crippen LogP contribution in [-0.2, 0) is 0 Å². The topological polar surface area (TPSA) is 12.0 Å². The molecule has 0 amide bonds. The SMILES string of the molecule is CC[C@H]1CC[C@H](NCC(C)(C)C)CC1(C)C. The van der Waals surface area contributed by atoms with E-state index in [4.69, 9.17) is 0 Å². The average Bonchev–Trinajstić information content (AvgIpc) is 2.12. The van der Waals surface area contributed by atoms with Crippen molar-refractivity contribution < 1.29 is 0 Å². The van der Waals surface area contributed by atoms with Gasteiger partial charge in [-0.25, -0.2) is 0 Å².